The van der Waals surface area contributed by atoms with Crippen LogP contribution in [-0.4, -0.2) is 41.7 Å². The van der Waals surface area contributed by atoms with E-state index >= 15 is 0 Å². The number of benzene rings is 1. The van der Waals surface area contributed by atoms with Gasteiger partial charge in [0.15, 0.2) is 0 Å². The lowest BCUT2D eigenvalue weighted by Gasteiger charge is -2.29. The number of nitrogens with zero attached hydrogens (tertiary/aromatic N) is 4. The van der Waals surface area contributed by atoms with Crippen LogP contribution in [0.1, 0.15) is 59.9 Å². The first kappa shape index (κ1) is 33.7. The molecule has 0 spiro atoms. The SMILES string of the molecule is C=Nc1c(Cl)cc(N[C@@H](C(=C)C(C)=N/C(F)=C\C)C2=CN(C3(C)CC3)NN2)cc1/C(NCC(C)(C)C(F)(F)F)=C(\C)C#N. The van der Waals surface area contributed by atoms with Crippen molar-refractivity contribution in [2.45, 2.75) is 72.1 Å². The van der Waals surface area contributed by atoms with Crippen LogP contribution in [0.3, 0.4) is 0 Å². The highest BCUT2D eigenvalue weighted by molar-refractivity contribution is 6.33. The summed E-state index contributed by atoms with van der Waals surface area (Å²) in [5.74, 6) is -0.669. The molecule has 1 fully saturated rings. The quantitative estimate of drug-likeness (QED) is 0.0838. The average molecular weight is 621 g/mol. The number of allylic oxidation sites excluding steroid dienone is 2. The molecule has 43 heavy (non-hydrogen) atoms. The molecule has 0 radical (unpaired) electrons. The molecule has 0 unspecified atom stereocenters. The number of rotatable bonds is 12. The van der Waals surface area contributed by atoms with Crippen LogP contribution < -0.4 is 21.6 Å². The van der Waals surface area contributed by atoms with Gasteiger partial charge in [-0.15, -0.1) is 5.53 Å². The van der Waals surface area contributed by atoms with Crippen LogP contribution in [0.2, 0.25) is 5.02 Å². The van der Waals surface area contributed by atoms with Crippen LogP contribution in [-0.2, 0) is 0 Å². The molecule has 1 aromatic carbocycles. The van der Waals surface area contributed by atoms with Gasteiger partial charge >= 0.3 is 6.18 Å². The Balaban J connectivity index is 2.09. The van der Waals surface area contributed by atoms with E-state index < -0.39 is 30.1 Å². The molecule has 13 heteroatoms. The second-order valence-electron chi connectivity index (χ2n) is 11.5. The molecule has 1 saturated carbocycles. The molecule has 0 aromatic heterocycles. The van der Waals surface area contributed by atoms with E-state index in [0.29, 0.717) is 22.7 Å². The largest absolute Gasteiger partial charge is 0.395 e. The van der Waals surface area contributed by atoms with E-state index in [1.165, 1.54) is 19.9 Å². The maximum atomic E-state index is 14.1. The summed E-state index contributed by atoms with van der Waals surface area (Å²) >= 11 is 6.61. The van der Waals surface area contributed by atoms with Gasteiger partial charge in [-0.1, -0.05) is 18.2 Å². The summed E-state index contributed by atoms with van der Waals surface area (Å²) < 4.78 is 55.0. The number of nitrogens with one attached hydrogen (secondary N) is 4. The molecule has 3 rings (SSSR count). The number of hydrogen-bond donors (Lipinski definition) is 4. The summed E-state index contributed by atoms with van der Waals surface area (Å²) in [6.45, 7) is 16.1. The van der Waals surface area contributed by atoms with Gasteiger partial charge in [0.1, 0.15) is 0 Å². The average Bonchev–Trinajstić information content (AvgIpc) is 3.49. The third-order valence-corrected chi connectivity index (χ3v) is 7.89. The molecule has 8 nitrogen and oxygen atoms in total. The number of halogens is 5. The van der Waals surface area contributed by atoms with Crippen LogP contribution in [0.15, 0.2) is 63.8 Å². The van der Waals surface area contributed by atoms with Crippen molar-refractivity contribution in [1.82, 2.24) is 21.3 Å². The van der Waals surface area contributed by atoms with Crippen LogP contribution in [0, 0.1) is 16.7 Å². The predicted molar refractivity (Wildman–Crippen MR) is 165 cm³/mol. The number of aliphatic imine (C=N–C) groups is 2. The van der Waals surface area contributed by atoms with Crippen LogP contribution >= 0.6 is 11.6 Å². The van der Waals surface area contributed by atoms with Gasteiger partial charge in [0.25, 0.3) is 0 Å². The fraction of sp³-hybridized carbons (Fsp3) is 0.433. The second-order valence-corrected chi connectivity index (χ2v) is 11.9. The van der Waals surface area contributed by atoms with Crippen molar-refractivity contribution in [1.29, 1.82) is 5.26 Å². The number of hydrazine groups is 2. The van der Waals surface area contributed by atoms with Crippen LogP contribution in [0.4, 0.5) is 28.9 Å². The first-order chi connectivity index (χ1) is 20.0. The minimum absolute atomic E-state index is 0.0566. The van der Waals surface area contributed by atoms with Gasteiger partial charge in [-0.2, -0.15) is 22.8 Å². The van der Waals surface area contributed by atoms with E-state index in [4.69, 9.17) is 11.6 Å². The maximum absolute atomic E-state index is 14.1. The fourth-order valence-electron chi connectivity index (χ4n) is 4.14. The van der Waals surface area contributed by atoms with Gasteiger partial charge in [-0.25, -0.2) is 4.99 Å². The zero-order chi connectivity index (χ0) is 32.3. The Morgan fingerprint density at radius 3 is 2.49 bits per heavy atom. The first-order valence-corrected chi connectivity index (χ1v) is 13.9. The van der Waals surface area contributed by atoms with Gasteiger partial charge in [-0.3, -0.25) is 10.0 Å². The number of alkyl halides is 3. The molecule has 0 bridgehead atoms. The Bertz CT molecular complexity index is 1440. The van der Waals surface area contributed by atoms with Crippen molar-refractivity contribution in [3.63, 3.8) is 0 Å². The molecular weight excluding hydrogens is 584 g/mol. The van der Waals surface area contributed by atoms with Gasteiger partial charge in [0.05, 0.1) is 50.7 Å². The normalized spacial score (nSPS) is 18.2. The molecule has 2 aliphatic rings. The Kier molecular flexibility index (Phi) is 10.0. The predicted octanol–water partition coefficient (Wildman–Crippen LogP) is 7.45. The zero-order valence-electron chi connectivity index (χ0n) is 25.1. The summed E-state index contributed by atoms with van der Waals surface area (Å²) in [6.07, 6.45) is 0.626. The molecule has 0 saturated heterocycles. The maximum Gasteiger partial charge on any atom is 0.395 e. The lowest BCUT2D eigenvalue weighted by atomic mass is 9.92. The topological polar surface area (TPSA) is 99.9 Å². The lowest BCUT2D eigenvalue weighted by Crippen LogP contribution is -2.44. The molecule has 1 aliphatic carbocycles. The zero-order valence-corrected chi connectivity index (χ0v) is 25.9. The Morgan fingerprint density at radius 2 is 1.95 bits per heavy atom. The van der Waals surface area contributed by atoms with Crippen molar-refractivity contribution in [2.75, 3.05) is 11.9 Å². The minimum Gasteiger partial charge on any atom is -0.383 e. The van der Waals surface area contributed by atoms with Gasteiger partial charge in [0, 0.05) is 29.7 Å². The molecule has 1 aromatic rings. The second kappa shape index (κ2) is 12.8. The summed E-state index contributed by atoms with van der Waals surface area (Å²) in [7, 11) is 0. The highest BCUT2D eigenvalue weighted by Gasteiger charge is 2.47. The highest BCUT2D eigenvalue weighted by atomic mass is 35.5. The summed E-state index contributed by atoms with van der Waals surface area (Å²) in [5.41, 5.74) is 6.70. The number of hydrogen-bond acceptors (Lipinski definition) is 8. The smallest absolute Gasteiger partial charge is 0.383 e. The van der Waals surface area contributed by atoms with Crippen molar-refractivity contribution in [3.8, 4) is 6.07 Å². The van der Waals surface area contributed by atoms with Crippen molar-refractivity contribution < 1.29 is 17.6 Å². The molecule has 1 aliphatic heterocycles. The molecule has 4 N–H and O–H groups in total. The van der Waals surface area contributed by atoms with E-state index in [1.54, 1.807) is 19.1 Å². The lowest BCUT2D eigenvalue weighted by molar-refractivity contribution is -0.208. The Hall–Kier alpha value is -3.82. The van der Waals surface area contributed by atoms with Crippen molar-refractivity contribution >= 4 is 41.1 Å². The molecular formula is C30H37ClF4N8. The monoisotopic (exact) mass is 620 g/mol. The third kappa shape index (κ3) is 7.58. The minimum atomic E-state index is -4.49. The Morgan fingerprint density at radius 1 is 1.30 bits per heavy atom. The van der Waals surface area contributed by atoms with Crippen molar-refractivity contribution in [2.24, 2.45) is 15.4 Å². The molecule has 232 valence electrons. The fourth-order valence-corrected chi connectivity index (χ4v) is 4.42. The summed E-state index contributed by atoms with van der Waals surface area (Å²) in [6, 6.07) is 4.53. The molecule has 1 atom stereocenters. The van der Waals surface area contributed by atoms with E-state index in [-0.39, 0.29) is 33.1 Å². The highest BCUT2D eigenvalue weighted by Crippen LogP contribution is 2.42. The van der Waals surface area contributed by atoms with E-state index in [9.17, 15) is 22.8 Å². The van der Waals surface area contributed by atoms with E-state index in [1.807, 2.05) is 17.3 Å². The van der Waals surface area contributed by atoms with E-state index in [0.717, 1.165) is 26.7 Å². The summed E-state index contributed by atoms with van der Waals surface area (Å²) in [4.78, 5) is 8.00. The molecule has 0 amide bonds. The number of anilines is 1. The van der Waals surface area contributed by atoms with Gasteiger partial charge < -0.3 is 16.1 Å². The third-order valence-electron chi connectivity index (χ3n) is 7.60. The van der Waals surface area contributed by atoms with Crippen LogP contribution in [0.5, 0.6) is 0 Å². The molecule has 1 heterocycles. The van der Waals surface area contributed by atoms with Crippen LogP contribution in [0.25, 0.3) is 5.70 Å². The first-order valence-electron chi connectivity index (χ1n) is 13.6. The van der Waals surface area contributed by atoms with Crippen molar-refractivity contribution in [3.05, 3.63) is 64.4 Å². The van der Waals surface area contributed by atoms with Gasteiger partial charge in [-0.05, 0) is 84.9 Å². The standard InChI is InChI=1S/C30H37ClF4N8/c1-9-24(32)39-19(4)18(3)26(23-15-43(42-41-23)29(7)10-11-29)40-20-12-21(27(37-8)22(31)13-20)25(17(2)14-36)38-16-28(5,6)30(33,34)35/h9,12-13,15,26,38,40-42H,3,8,10-11,16H2,1-2,4-7H3/b24-9-,25-17-,39-19?/t26-/m0/s1. The Labute approximate surface area is 254 Å². The van der Waals surface area contributed by atoms with E-state index in [2.05, 4.69) is 51.8 Å². The summed E-state index contributed by atoms with van der Waals surface area (Å²) in [5, 5.41) is 18.0. The van der Waals surface area contributed by atoms with Gasteiger partial charge in [0.2, 0.25) is 5.95 Å². The number of nitriles is 1.